The fourth-order valence-corrected chi connectivity index (χ4v) is 6.73. The lowest BCUT2D eigenvalue weighted by Crippen LogP contribution is -2.34. The molecule has 0 N–H and O–H groups in total. The Morgan fingerprint density at radius 2 is 1.52 bits per heavy atom. The predicted octanol–water partition coefficient (Wildman–Crippen LogP) is 8.76. The van der Waals surface area contributed by atoms with Crippen molar-refractivity contribution >= 4 is 28.8 Å². The second kappa shape index (κ2) is 15.3. The maximum Gasteiger partial charge on any atom is 0.254 e. The third-order valence-corrected chi connectivity index (χ3v) is 9.65. The van der Waals surface area contributed by atoms with Crippen LogP contribution >= 0.6 is 0 Å². The van der Waals surface area contributed by atoms with E-state index in [1.165, 1.54) is 35.7 Å². The summed E-state index contributed by atoms with van der Waals surface area (Å²) < 4.78 is 0. The van der Waals surface area contributed by atoms with Gasteiger partial charge in [0.15, 0.2) is 11.6 Å². The minimum absolute atomic E-state index is 0.0410. The molecule has 44 heavy (non-hydrogen) atoms. The van der Waals surface area contributed by atoms with E-state index in [2.05, 4.69) is 54.0 Å². The molecule has 0 unspecified atom stereocenters. The van der Waals surface area contributed by atoms with E-state index in [1.54, 1.807) is 0 Å². The average Bonchev–Trinajstić information content (AvgIpc) is 3.81. The lowest BCUT2D eigenvalue weighted by Gasteiger charge is -2.35. The van der Waals surface area contributed by atoms with E-state index < -0.39 is 0 Å². The summed E-state index contributed by atoms with van der Waals surface area (Å²) in [5.74, 6) is 1.30. The molecule has 5 rings (SSSR count). The van der Waals surface area contributed by atoms with Crippen molar-refractivity contribution in [1.29, 1.82) is 0 Å². The number of allylic oxidation sites excluding steroid dienone is 4. The number of likely N-dealkylation sites (N-methyl/N-ethyl adjacent to an activating group) is 1. The third-order valence-electron chi connectivity index (χ3n) is 9.65. The molecule has 1 saturated carbocycles. The van der Waals surface area contributed by atoms with Crippen LogP contribution in [-0.2, 0) is 9.59 Å². The van der Waals surface area contributed by atoms with Gasteiger partial charge in [0.2, 0.25) is 0 Å². The topological polar surface area (TPSA) is 57.7 Å². The maximum atomic E-state index is 13.8. The number of ketones is 2. The van der Waals surface area contributed by atoms with E-state index in [0.29, 0.717) is 30.2 Å². The summed E-state index contributed by atoms with van der Waals surface area (Å²) in [5, 5.41) is 0. The molecule has 5 nitrogen and oxygen atoms in total. The van der Waals surface area contributed by atoms with Crippen molar-refractivity contribution in [2.75, 3.05) is 29.9 Å². The van der Waals surface area contributed by atoms with Gasteiger partial charge in [-0.25, -0.2) is 0 Å². The molecular formula is C39H48N2O3. The largest absolute Gasteiger partial charge is 0.371 e. The van der Waals surface area contributed by atoms with Gasteiger partial charge in [-0.3, -0.25) is 14.4 Å². The van der Waals surface area contributed by atoms with E-state index >= 15 is 0 Å². The molecule has 232 valence electrons. The van der Waals surface area contributed by atoms with Gasteiger partial charge in [-0.15, -0.1) is 0 Å². The van der Waals surface area contributed by atoms with Crippen LogP contribution in [0.4, 0.5) is 11.4 Å². The molecule has 2 aromatic carbocycles. The fraction of sp³-hybridized carbons (Fsp3) is 0.462. The molecule has 0 radical (unpaired) electrons. The number of rotatable bonds is 16. The monoisotopic (exact) mass is 592 g/mol. The second-order valence-corrected chi connectivity index (χ2v) is 12.8. The van der Waals surface area contributed by atoms with Crippen LogP contribution in [0.1, 0.15) is 105 Å². The van der Waals surface area contributed by atoms with Crippen molar-refractivity contribution in [3.63, 3.8) is 0 Å². The Balaban J connectivity index is 1.22. The van der Waals surface area contributed by atoms with Gasteiger partial charge < -0.3 is 9.80 Å². The Hall–Kier alpha value is -3.73. The number of amides is 1. The molecular weight excluding hydrogens is 544 g/mol. The van der Waals surface area contributed by atoms with Crippen molar-refractivity contribution in [3.8, 4) is 0 Å². The molecule has 1 amide bonds. The lowest BCUT2D eigenvalue weighted by molar-refractivity contribution is -0.115. The number of piperidine rings is 1. The summed E-state index contributed by atoms with van der Waals surface area (Å²) in [4.78, 5) is 42.7. The number of para-hydroxylation sites is 1. The van der Waals surface area contributed by atoms with Crippen LogP contribution in [0.15, 0.2) is 84.5 Å². The number of anilines is 2. The second-order valence-electron chi connectivity index (χ2n) is 12.8. The molecule has 5 heteroatoms. The Bertz CT molecular complexity index is 1390. The number of carbonyl (C=O) groups is 3. The highest BCUT2D eigenvalue weighted by atomic mass is 16.2. The maximum absolute atomic E-state index is 13.8. The fourth-order valence-electron chi connectivity index (χ4n) is 6.73. The van der Waals surface area contributed by atoms with E-state index in [-0.39, 0.29) is 17.5 Å². The first-order valence-electron chi connectivity index (χ1n) is 16.7. The van der Waals surface area contributed by atoms with Crippen molar-refractivity contribution in [1.82, 2.24) is 0 Å². The van der Waals surface area contributed by atoms with Crippen LogP contribution in [0.3, 0.4) is 0 Å². The van der Waals surface area contributed by atoms with Gasteiger partial charge in [-0.1, -0.05) is 80.3 Å². The first kappa shape index (κ1) is 31.7. The number of Topliss-reactive ketones (excluding diaryl/α,β-unsaturated/α-hetero) is 1. The van der Waals surface area contributed by atoms with Crippen molar-refractivity contribution in [3.05, 3.63) is 95.6 Å². The average molecular weight is 593 g/mol. The molecule has 3 aliphatic rings. The predicted molar refractivity (Wildman–Crippen MR) is 180 cm³/mol. The van der Waals surface area contributed by atoms with Crippen LogP contribution in [-0.4, -0.2) is 37.6 Å². The minimum atomic E-state index is 0.0410. The zero-order valence-electron chi connectivity index (χ0n) is 26.4. The number of benzene rings is 2. The van der Waals surface area contributed by atoms with Gasteiger partial charge >= 0.3 is 0 Å². The SMILES string of the molecule is C=CC(=O)CCCCCCCCC(=O)c1ccc(C2CCN(c3ccccc3)CC2)c(N(C)C(=O)C2=CC=C(C3CC3)C2)c1. The number of hydrogen-bond acceptors (Lipinski definition) is 4. The number of carbonyl (C=O) groups excluding carboxylic acids is 3. The molecule has 1 aliphatic heterocycles. The van der Waals surface area contributed by atoms with Crippen LogP contribution < -0.4 is 9.80 Å². The molecule has 0 spiro atoms. The van der Waals surface area contributed by atoms with Crippen molar-refractivity contribution in [2.24, 2.45) is 5.92 Å². The first-order chi connectivity index (χ1) is 21.4. The summed E-state index contributed by atoms with van der Waals surface area (Å²) in [6.45, 7) is 5.47. The highest BCUT2D eigenvalue weighted by Crippen LogP contribution is 2.42. The Morgan fingerprint density at radius 3 is 2.20 bits per heavy atom. The van der Waals surface area contributed by atoms with E-state index in [0.717, 1.165) is 82.1 Å². The molecule has 2 aliphatic carbocycles. The zero-order valence-corrected chi connectivity index (χ0v) is 26.4. The van der Waals surface area contributed by atoms with Crippen molar-refractivity contribution in [2.45, 2.75) is 89.4 Å². The summed E-state index contributed by atoms with van der Waals surface area (Å²) in [7, 11) is 1.88. The quantitative estimate of drug-likeness (QED) is 0.111. The van der Waals surface area contributed by atoms with Gasteiger partial charge in [0.1, 0.15) is 0 Å². The first-order valence-corrected chi connectivity index (χ1v) is 16.7. The lowest BCUT2D eigenvalue weighted by atomic mass is 9.86. The molecule has 0 bridgehead atoms. The smallest absolute Gasteiger partial charge is 0.254 e. The summed E-state index contributed by atoms with van der Waals surface area (Å²) in [6.07, 6.45) is 17.9. The standard InChI is InChI=1S/C39H48N2O3/c1-3-35(42)15-11-6-4-5-7-12-16-38(43)32-21-22-36(30-23-25-41(26-24-30)34-13-9-8-10-14-34)37(28-32)40(2)39(44)33-20-19-31(27-33)29-17-18-29/h3,8-10,13-14,19-22,28-30H,1,4-7,11-12,15-18,23-27H2,2H3. The molecule has 0 atom stereocenters. The van der Waals surface area contributed by atoms with Crippen molar-refractivity contribution < 1.29 is 14.4 Å². The number of unbranched alkanes of at least 4 members (excludes halogenated alkanes) is 5. The number of nitrogens with zero attached hydrogens (tertiary/aromatic N) is 2. The van der Waals surface area contributed by atoms with Crippen LogP contribution in [0, 0.1) is 5.92 Å². The van der Waals surface area contributed by atoms with E-state index in [9.17, 15) is 14.4 Å². The molecule has 2 aromatic rings. The normalized spacial score (nSPS) is 16.8. The van der Waals surface area contributed by atoms with Gasteiger partial charge in [0.25, 0.3) is 5.91 Å². The molecule has 1 heterocycles. The summed E-state index contributed by atoms with van der Waals surface area (Å²) >= 11 is 0. The van der Waals surface area contributed by atoms with Gasteiger partial charge in [-0.05, 0) is 86.6 Å². The third kappa shape index (κ3) is 8.25. The molecule has 2 fully saturated rings. The Kier molecular flexibility index (Phi) is 11.0. The highest BCUT2D eigenvalue weighted by molar-refractivity contribution is 6.07. The Morgan fingerprint density at radius 1 is 0.841 bits per heavy atom. The van der Waals surface area contributed by atoms with Crippen LogP contribution in [0.25, 0.3) is 0 Å². The van der Waals surface area contributed by atoms with Gasteiger partial charge in [0.05, 0.1) is 0 Å². The van der Waals surface area contributed by atoms with E-state index in [4.69, 9.17) is 0 Å². The molecule has 1 saturated heterocycles. The summed E-state index contributed by atoms with van der Waals surface area (Å²) in [5.41, 5.74) is 6.26. The summed E-state index contributed by atoms with van der Waals surface area (Å²) in [6, 6.07) is 16.7. The van der Waals surface area contributed by atoms with Crippen LogP contribution in [0.2, 0.25) is 0 Å². The van der Waals surface area contributed by atoms with Gasteiger partial charge in [-0.2, -0.15) is 0 Å². The zero-order chi connectivity index (χ0) is 30.9. The highest BCUT2D eigenvalue weighted by Gasteiger charge is 2.31. The number of hydrogen-bond donors (Lipinski definition) is 0. The van der Waals surface area contributed by atoms with Crippen LogP contribution in [0.5, 0.6) is 0 Å². The van der Waals surface area contributed by atoms with E-state index in [1.807, 2.05) is 30.2 Å². The Labute approximate surface area is 263 Å². The van der Waals surface area contributed by atoms with Gasteiger partial charge in [0, 0.05) is 55.5 Å². The minimum Gasteiger partial charge on any atom is -0.371 e. The molecule has 0 aromatic heterocycles.